The number of nitrogens with zero attached hydrogens (tertiary/aromatic N) is 1. The van der Waals surface area contributed by atoms with Crippen LogP contribution in [0.2, 0.25) is 0 Å². The van der Waals surface area contributed by atoms with Gasteiger partial charge in [0.2, 0.25) is 0 Å². The SMILES string of the molecule is CN(CC(O)C1CCOC1)CC(F)(F)F. The molecule has 90 valence electrons. The molecular formula is C9H16F3NO2. The summed E-state index contributed by atoms with van der Waals surface area (Å²) in [4.78, 5) is 1.09. The van der Waals surface area contributed by atoms with Crippen LogP contribution in [0.1, 0.15) is 6.42 Å². The Labute approximate surface area is 86.8 Å². The lowest BCUT2D eigenvalue weighted by atomic mass is 10.0. The van der Waals surface area contributed by atoms with Crippen molar-refractivity contribution in [2.24, 2.45) is 5.92 Å². The summed E-state index contributed by atoms with van der Waals surface area (Å²) in [7, 11) is 1.35. The topological polar surface area (TPSA) is 32.7 Å². The lowest BCUT2D eigenvalue weighted by molar-refractivity contribution is -0.146. The van der Waals surface area contributed by atoms with E-state index < -0.39 is 18.8 Å². The van der Waals surface area contributed by atoms with Crippen LogP contribution in [0.3, 0.4) is 0 Å². The van der Waals surface area contributed by atoms with Gasteiger partial charge in [-0.3, -0.25) is 4.90 Å². The predicted octanol–water partition coefficient (Wildman–Crippen LogP) is 0.878. The van der Waals surface area contributed by atoms with E-state index >= 15 is 0 Å². The Kier molecular flexibility index (Phi) is 4.36. The van der Waals surface area contributed by atoms with Gasteiger partial charge in [-0.1, -0.05) is 0 Å². The molecule has 15 heavy (non-hydrogen) atoms. The van der Waals surface area contributed by atoms with Crippen LogP contribution >= 0.6 is 0 Å². The van der Waals surface area contributed by atoms with Crippen LogP contribution in [-0.2, 0) is 4.74 Å². The fourth-order valence-electron chi connectivity index (χ4n) is 1.70. The lowest BCUT2D eigenvalue weighted by Gasteiger charge is -2.24. The van der Waals surface area contributed by atoms with Crippen molar-refractivity contribution in [1.82, 2.24) is 4.90 Å². The number of ether oxygens (including phenoxy) is 1. The van der Waals surface area contributed by atoms with E-state index in [0.29, 0.717) is 13.2 Å². The third kappa shape index (κ3) is 4.81. The maximum absolute atomic E-state index is 12.0. The van der Waals surface area contributed by atoms with Gasteiger partial charge in [0.05, 0.1) is 19.3 Å². The third-order valence-corrected chi connectivity index (χ3v) is 2.46. The Morgan fingerprint density at radius 2 is 2.20 bits per heavy atom. The first-order valence-electron chi connectivity index (χ1n) is 4.89. The first-order chi connectivity index (χ1) is 6.88. The molecule has 0 spiro atoms. The van der Waals surface area contributed by atoms with Crippen LogP contribution in [0.15, 0.2) is 0 Å². The molecule has 2 unspecified atom stereocenters. The zero-order valence-electron chi connectivity index (χ0n) is 8.63. The molecule has 0 radical (unpaired) electrons. The highest BCUT2D eigenvalue weighted by atomic mass is 19.4. The van der Waals surface area contributed by atoms with Gasteiger partial charge in [0.15, 0.2) is 0 Å². The van der Waals surface area contributed by atoms with E-state index in [1.807, 2.05) is 0 Å². The molecule has 1 rings (SSSR count). The minimum absolute atomic E-state index is 0.0271. The normalized spacial score (nSPS) is 24.8. The van der Waals surface area contributed by atoms with Gasteiger partial charge in [-0.15, -0.1) is 0 Å². The highest BCUT2D eigenvalue weighted by Crippen LogP contribution is 2.19. The molecule has 0 aromatic heterocycles. The van der Waals surface area contributed by atoms with Crippen LogP contribution in [0.4, 0.5) is 13.2 Å². The molecule has 1 aliphatic rings. The maximum atomic E-state index is 12.0. The molecule has 0 bridgehead atoms. The summed E-state index contributed by atoms with van der Waals surface area (Å²) in [5.74, 6) is -0.0271. The molecule has 2 atom stereocenters. The van der Waals surface area contributed by atoms with Gasteiger partial charge >= 0.3 is 6.18 Å². The van der Waals surface area contributed by atoms with Gasteiger partial charge in [0.1, 0.15) is 0 Å². The number of halogens is 3. The van der Waals surface area contributed by atoms with Gasteiger partial charge in [0.25, 0.3) is 0 Å². The molecule has 0 aliphatic carbocycles. The fraction of sp³-hybridized carbons (Fsp3) is 1.00. The Bertz CT molecular complexity index is 192. The molecule has 1 fully saturated rings. The average Bonchev–Trinajstić information content (AvgIpc) is 2.50. The highest BCUT2D eigenvalue weighted by Gasteiger charge is 2.31. The van der Waals surface area contributed by atoms with E-state index in [2.05, 4.69) is 0 Å². The van der Waals surface area contributed by atoms with Crippen molar-refractivity contribution in [1.29, 1.82) is 0 Å². The first kappa shape index (κ1) is 12.7. The first-order valence-corrected chi connectivity index (χ1v) is 4.89. The van der Waals surface area contributed by atoms with Crippen molar-refractivity contribution in [2.45, 2.75) is 18.7 Å². The standard InChI is InChI=1S/C9H16F3NO2/c1-13(6-9(10,11)12)4-8(14)7-2-3-15-5-7/h7-8,14H,2-6H2,1H3. The number of aliphatic hydroxyl groups is 1. The van der Waals surface area contributed by atoms with Crippen molar-refractivity contribution in [2.75, 3.05) is 33.4 Å². The van der Waals surface area contributed by atoms with Crippen LogP contribution in [-0.4, -0.2) is 55.6 Å². The maximum Gasteiger partial charge on any atom is 0.401 e. The molecule has 0 amide bonds. The second-order valence-corrected chi connectivity index (χ2v) is 4.00. The van der Waals surface area contributed by atoms with Crippen molar-refractivity contribution in [3.63, 3.8) is 0 Å². The largest absolute Gasteiger partial charge is 0.401 e. The summed E-state index contributed by atoms with van der Waals surface area (Å²) in [5, 5.41) is 9.63. The van der Waals surface area contributed by atoms with Crippen molar-refractivity contribution >= 4 is 0 Å². The molecule has 1 saturated heterocycles. The number of hydrogen-bond donors (Lipinski definition) is 1. The Morgan fingerprint density at radius 3 is 2.67 bits per heavy atom. The average molecular weight is 227 g/mol. The van der Waals surface area contributed by atoms with Gasteiger partial charge in [0, 0.05) is 19.1 Å². The molecule has 0 aromatic carbocycles. The van der Waals surface area contributed by atoms with Crippen LogP contribution in [0.5, 0.6) is 0 Å². The quantitative estimate of drug-likeness (QED) is 0.773. The summed E-state index contributed by atoms with van der Waals surface area (Å²) >= 11 is 0. The molecule has 3 nitrogen and oxygen atoms in total. The number of likely N-dealkylation sites (N-methyl/N-ethyl adjacent to an activating group) is 1. The Morgan fingerprint density at radius 1 is 1.53 bits per heavy atom. The van der Waals surface area contributed by atoms with E-state index in [1.54, 1.807) is 0 Å². The van der Waals surface area contributed by atoms with Crippen LogP contribution < -0.4 is 0 Å². The third-order valence-electron chi connectivity index (χ3n) is 2.46. The van der Waals surface area contributed by atoms with Gasteiger partial charge in [-0.25, -0.2) is 0 Å². The molecule has 1 heterocycles. The second-order valence-electron chi connectivity index (χ2n) is 4.00. The lowest BCUT2D eigenvalue weighted by Crippen LogP contribution is -2.39. The van der Waals surface area contributed by atoms with E-state index in [0.717, 1.165) is 11.3 Å². The van der Waals surface area contributed by atoms with Crippen LogP contribution in [0, 0.1) is 5.92 Å². The molecule has 1 aliphatic heterocycles. The highest BCUT2D eigenvalue weighted by molar-refractivity contribution is 4.75. The monoisotopic (exact) mass is 227 g/mol. The second kappa shape index (κ2) is 5.14. The molecule has 0 aromatic rings. The zero-order chi connectivity index (χ0) is 11.5. The van der Waals surface area contributed by atoms with Gasteiger partial charge in [-0.2, -0.15) is 13.2 Å². The summed E-state index contributed by atoms with van der Waals surface area (Å²) in [6, 6.07) is 0. The predicted molar refractivity (Wildman–Crippen MR) is 48.5 cm³/mol. The van der Waals surface area contributed by atoms with Crippen molar-refractivity contribution in [3.8, 4) is 0 Å². The fourth-order valence-corrected chi connectivity index (χ4v) is 1.70. The van der Waals surface area contributed by atoms with E-state index in [4.69, 9.17) is 4.74 Å². The Hall–Kier alpha value is -0.330. The van der Waals surface area contributed by atoms with Crippen molar-refractivity contribution < 1.29 is 23.0 Å². The number of rotatable bonds is 4. The van der Waals surface area contributed by atoms with Crippen molar-refractivity contribution in [3.05, 3.63) is 0 Å². The van der Waals surface area contributed by atoms with E-state index in [-0.39, 0.29) is 12.5 Å². The molecule has 0 saturated carbocycles. The summed E-state index contributed by atoms with van der Waals surface area (Å²) in [5.41, 5.74) is 0. The summed E-state index contributed by atoms with van der Waals surface area (Å²) < 4.78 is 41.0. The summed E-state index contributed by atoms with van der Waals surface area (Å²) in [6.07, 6.45) is -4.22. The zero-order valence-corrected chi connectivity index (χ0v) is 8.63. The van der Waals surface area contributed by atoms with E-state index in [1.165, 1.54) is 7.05 Å². The molecule has 6 heteroatoms. The number of alkyl halides is 3. The number of aliphatic hydroxyl groups excluding tert-OH is 1. The minimum atomic E-state index is -4.21. The smallest absolute Gasteiger partial charge is 0.391 e. The van der Waals surface area contributed by atoms with Gasteiger partial charge in [-0.05, 0) is 13.5 Å². The van der Waals surface area contributed by atoms with Gasteiger partial charge < -0.3 is 9.84 Å². The molecule has 1 N–H and O–H groups in total. The molecular weight excluding hydrogens is 211 g/mol. The Balaban J connectivity index is 2.27. The summed E-state index contributed by atoms with van der Waals surface area (Å²) in [6.45, 7) is 0.0803. The number of hydrogen-bond acceptors (Lipinski definition) is 3. The van der Waals surface area contributed by atoms with Crippen LogP contribution in [0.25, 0.3) is 0 Å². The minimum Gasteiger partial charge on any atom is -0.391 e. The van der Waals surface area contributed by atoms with E-state index in [9.17, 15) is 18.3 Å².